The number of nitrogens with zero attached hydrogens (tertiary/aromatic N) is 3. The second-order valence-corrected chi connectivity index (χ2v) is 12.6. The Balaban J connectivity index is 1.19. The molecule has 1 N–H and O–H groups in total. The first-order valence-electron chi connectivity index (χ1n) is 13.8. The molecule has 3 aliphatic rings. The van der Waals surface area contributed by atoms with Crippen LogP contribution in [0.4, 0.5) is 0 Å². The fourth-order valence-electron chi connectivity index (χ4n) is 4.95. The van der Waals surface area contributed by atoms with Crippen LogP contribution in [0, 0.1) is 0 Å². The van der Waals surface area contributed by atoms with Crippen LogP contribution >= 0.6 is 0 Å². The molecule has 0 aromatic rings. The molecule has 0 bridgehead atoms. The van der Waals surface area contributed by atoms with E-state index in [2.05, 4.69) is 61.6 Å². The van der Waals surface area contributed by atoms with Crippen molar-refractivity contribution in [1.82, 2.24) is 20.0 Å². The van der Waals surface area contributed by atoms with Gasteiger partial charge in [0.25, 0.3) is 0 Å². The van der Waals surface area contributed by atoms with Gasteiger partial charge < -0.3 is 24.4 Å². The van der Waals surface area contributed by atoms with Crippen molar-refractivity contribution in [3.63, 3.8) is 0 Å². The molecule has 35 heavy (non-hydrogen) atoms. The van der Waals surface area contributed by atoms with Crippen LogP contribution in [0.25, 0.3) is 0 Å². The predicted molar refractivity (Wildman–Crippen MR) is 140 cm³/mol. The number of nitrogens with one attached hydrogen (secondary N) is 1. The number of piperidine rings is 1. The molecule has 0 radical (unpaired) electrons. The quantitative estimate of drug-likeness (QED) is 0.471. The van der Waals surface area contributed by atoms with Gasteiger partial charge in [-0.3, -0.25) is 14.6 Å². The highest BCUT2D eigenvalue weighted by molar-refractivity contribution is 5.78. The zero-order valence-corrected chi connectivity index (χ0v) is 23.3. The molecule has 8 heteroatoms. The van der Waals surface area contributed by atoms with E-state index < -0.39 is 0 Å². The van der Waals surface area contributed by atoms with Gasteiger partial charge in [-0.05, 0) is 67.2 Å². The van der Waals surface area contributed by atoms with E-state index in [-0.39, 0.29) is 23.2 Å². The fraction of sp³-hybridized carbons (Fsp3) is 0.963. The van der Waals surface area contributed by atoms with Crippen LogP contribution in [0.3, 0.4) is 0 Å². The van der Waals surface area contributed by atoms with Gasteiger partial charge in [0.2, 0.25) is 5.91 Å². The second-order valence-electron chi connectivity index (χ2n) is 12.6. The van der Waals surface area contributed by atoms with Crippen molar-refractivity contribution in [2.45, 2.75) is 96.7 Å². The molecule has 2 saturated heterocycles. The lowest BCUT2D eigenvalue weighted by Crippen LogP contribution is -2.54. The third kappa shape index (κ3) is 11.4. The first kappa shape index (κ1) is 28.8. The molecule has 2 aliphatic heterocycles. The smallest absolute Gasteiger partial charge is 0.234 e. The molecule has 1 amide bonds. The molecule has 0 aromatic heterocycles. The highest BCUT2D eigenvalue weighted by atomic mass is 16.5. The van der Waals surface area contributed by atoms with Crippen LogP contribution in [-0.4, -0.2) is 122 Å². The molecule has 0 spiro atoms. The number of ether oxygens (including phenoxy) is 3. The Morgan fingerprint density at radius 2 is 1.23 bits per heavy atom. The fourth-order valence-corrected chi connectivity index (χ4v) is 4.95. The normalized spacial score (nSPS) is 26.0. The monoisotopic (exact) mass is 496 g/mol. The largest absolute Gasteiger partial charge is 0.375 e. The number of amides is 1. The van der Waals surface area contributed by atoms with Crippen molar-refractivity contribution >= 4 is 5.91 Å². The Bertz CT molecular complexity index is 626. The number of carbonyl (C=O) groups is 1. The average Bonchev–Trinajstić information content (AvgIpc) is 2.73. The lowest BCUT2D eigenvalue weighted by molar-refractivity contribution is -0.127. The van der Waals surface area contributed by atoms with Gasteiger partial charge in [-0.15, -0.1) is 0 Å². The van der Waals surface area contributed by atoms with E-state index >= 15 is 0 Å². The van der Waals surface area contributed by atoms with E-state index in [4.69, 9.17) is 14.2 Å². The van der Waals surface area contributed by atoms with Gasteiger partial charge in [0.05, 0.1) is 43.2 Å². The van der Waals surface area contributed by atoms with E-state index in [1.807, 2.05) is 0 Å². The Labute approximate surface area is 214 Å². The zero-order valence-electron chi connectivity index (χ0n) is 23.3. The van der Waals surface area contributed by atoms with Gasteiger partial charge in [0.1, 0.15) is 0 Å². The number of piperazine rings is 1. The van der Waals surface area contributed by atoms with E-state index in [0.29, 0.717) is 18.8 Å². The minimum Gasteiger partial charge on any atom is -0.375 e. The standard InChI is InChI=1S/C27H52N4O4/c1-26(2,3)33-17-15-29-9-7-23(8-10-29)35-24-19-22(20-24)28-25(32)21-31-13-11-30(12-14-31)16-18-34-27(4,5)6/h22-24H,7-21H2,1-6H3,(H,28,32)/t22-,24-. The van der Waals surface area contributed by atoms with Crippen molar-refractivity contribution in [3.8, 4) is 0 Å². The summed E-state index contributed by atoms with van der Waals surface area (Å²) in [6.45, 7) is 22.7. The van der Waals surface area contributed by atoms with Crippen molar-refractivity contribution in [2.75, 3.05) is 72.1 Å². The van der Waals surface area contributed by atoms with Crippen LogP contribution in [0.2, 0.25) is 0 Å². The van der Waals surface area contributed by atoms with Gasteiger partial charge in [-0.25, -0.2) is 0 Å². The van der Waals surface area contributed by atoms with E-state index in [0.717, 1.165) is 91.3 Å². The Morgan fingerprint density at radius 3 is 1.74 bits per heavy atom. The average molecular weight is 497 g/mol. The number of rotatable bonds is 11. The van der Waals surface area contributed by atoms with Gasteiger partial charge >= 0.3 is 0 Å². The third-order valence-corrected chi connectivity index (χ3v) is 7.10. The highest BCUT2D eigenvalue weighted by Crippen LogP contribution is 2.27. The molecule has 204 valence electrons. The number of hydrogen-bond donors (Lipinski definition) is 1. The SMILES string of the molecule is CC(C)(C)OCCN1CCC(O[C@H]2C[C@H](NC(=O)CN3CCN(CCOC(C)(C)C)CC3)C2)CC1. The summed E-state index contributed by atoms with van der Waals surface area (Å²) in [5.41, 5.74) is -0.140. The summed E-state index contributed by atoms with van der Waals surface area (Å²) in [6, 6.07) is 0.276. The molecule has 3 rings (SSSR count). The Kier molecular flexibility index (Phi) is 10.8. The predicted octanol–water partition coefficient (Wildman–Crippen LogP) is 2.36. The molecule has 3 fully saturated rings. The van der Waals surface area contributed by atoms with Crippen molar-refractivity contribution in [3.05, 3.63) is 0 Å². The van der Waals surface area contributed by atoms with E-state index in [1.54, 1.807) is 0 Å². The minimum atomic E-state index is -0.0787. The summed E-state index contributed by atoms with van der Waals surface area (Å²) >= 11 is 0. The molecule has 1 aliphatic carbocycles. The minimum absolute atomic E-state index is 0.0613. The lowest BCUT2D eigenvalue weighted by Gasteiger charge is -2.40. The molecule has 8 nitrogen and oxygen atoms in total. The molecule has 0 atom stereocenters. The highest BCUT2D eigenvalue weighted by Gasteiger charge is 2.34. The summed E-state index contributed by atoms with van der Waals surface area (Å²) in [5.74, 6) is 0.156. The summed E-state index contributed by atoms with van der Waals surface area (Å²) < 4.78 is 18.0. The van der Waals surface area contributed by atoms with Crippen LogP contribution in [-0.2, 0) is 19.0 Å². The van der Waals surface area contributed by atoms with Crippen molar-refractivity contribution in [2.24, 2.45) is 0 Å². The first-order chi connectivity index (χ1) is 16.4. The number of hydrogen-bond acceptors (Lipinski definition) is 7. The lowest BCUT2D eigenvalue weighted by atomic mass is 9.88. The summed E-state index contributed by atoms with van der Waals surface area (Å²) in [4.78, 5) is 19.7. The van der Waals surface area contributed by atoms with E-state index in [1.165, 1.54) is 0 Å². The van der Waals surface area contributed by atoms with Gasteiger partial charge in [-0.2, -0.15) is 0 Å². The maximum absolute atomic E-state index is 12.5. The van der Waals surface area contributed by atoms with E-state index in [9.17, 15) is 4.79 Å². The van der Waals surface area contributed by atoms with Gasteiger partial charge in [0, 0.05) is 58.4 Å². The second kappa shape index (κ2) is 13.2. The Hall–Kier alpha value is -0.770. The molecule has 2 heterocycles. The third-order valence-electron chi connectivity index (χ3n) is 7.10. The summed E-state index contributed by atoms with van der Waals surface area (Å²) in [6.07, 6.45) is 4.76. The molecule has 0 aromatic carbocycles. The topological polar surface area (TPSA) is 66.5 Å². The van der Waals surface area contributed by atoms with Crippen molar-refractivity contribution in [1.29, 1.82) is 0 Å². The maximum Gasteiger partial charge on any atom is 0.234 e. The summed E-state index contributed by atoms with van der Waals surface area (Å²) in [5, 5.41) is 3.22. The van der Waals surface area contributed by atoms with Gasteiger partial charge in [-0.1, -0.05) is 0 Å². The Morgan fingerprint density at radius 1 is 0.743 bits per heavy atom. The van der Waals surface area contributed by atoms with Crippen LogP contribution < -0.4 is 5.32 Å². The van der Waals surface area contributed by atoms with Crippen LogP contribution in [0.5, 0.6) is 0 Å². The van der Waals surface area contributed by atoms with Crippen LogP contribution in [0.1, 0.15) is 67.2 Å². The molecule has 0 unspecified atom stereocenters. The summed E-state index contributed by atoms with van der Waals surface area (Å²) in [7, 11) is 0. The van der Waals surface area contributed by atoms with Gasteiger partial charge in [0.15, 0.2) is 0 Å². The molecule has 1 saturated carbocycles. The number of likely N-dealkylation sites (tertiary alicyclic amines) is 1. The number of carbonyl (C=O) groups excluding carboxylic acids is 1. The zero-order chi connectivity index (χ0) is 25.5. The van der Waals surface area contributed by atoms with Crippen LogP contribution in [0.15, 0.2) is 0 Å². The van der Waals surface area contributed by atoms with Crippen molar-refractivity contribution < 1.29 is 19.0 Å². The first-order valence-corrected chi connectivity index (χ1v) is 13.8. The molecular weight excluding hydrogens is 444 g/mol. The molecular formula is C27H52N4O4. The maximum atomic E-state index is 12.5.